The fraction of sp³-hybridized carbons (Fsp3) is 0.174. The van der Waals surface area contributed by atoms with Gasteiger partial charge in [-0.15, -0.1) is 11.8 Å². The first-order valence-corrected chi connectivity index (χ1v) is 11.6. The first-order valence-electron chi connectivity index (χ1n) is 9.49. The van der Waals surface area contributed by atoms with Gasteiger partial charge in [-0.05, 0) is 78.8 Å². The number of nitrogens with zero attached hydrogens (tertiary/aromatic N) is 1. The van der Waals surface area contributed by atoms with Gasteiger partial charge >= 0.3 is 0 Å². The molecule has 3 aromatic carbocycles. The minimum absolute atomic E-state index is 0.126. The van der Waals surface area contributed by atoms with Crippen LogP contribution >= 0.6 is 11.8 Å². The van der Waals surface area contributed by atoms with E-state index in [1.807, 2.05) is 60.3 Å². The molecule has 148 valence electrons. The topological polar surface area (TPSA) is 49.4 Å². The molecule has 1 amide bonds. The number of benzene rings is 3. The number of hydrogen-bond donors (Lipinski definition) is 1. The summed E-state index contributed by atoms with van der Waals surface area (Å²) in [5, 5.41) is 2.93. The first-order chi connectivity index (χ1) is 14.1. The highest BCUT2D eigenvalue weighted by Crippen LogP contribution is 2.30. The van der Waals surface area contributed by atoms with Crippen molar-refractivity contribution in [2.45, 2.75) is 22.6 Å². The van der Waals surface area contributed by atoms with E-state index in [0.717, 1.165) is 24.3 Å². The van der Waals surface area contributed by atoms with Crippen LogP contribution in [0.15, 0.2) is 82.6 Å². The van der Waals surface area contributed by atoms with Crippen LogP contribution in [0.5, 0.6) is 0 Å². The van der Waals surface area contributed by atoms with Crippen LogP contribution in [0, 0.1) is 0 Å². The number of hydrogen-bond acceptors (Lipinski definition) is 3. The molecular formula is C23H22N2O2S2. The SMILES string of the molecule is CN(c1ccccc1)S(=O)c1ccc(NC(=O)c2ccc3c(c2)CCCS3)cc1. The van der Waals surface area contributed by atoms with Gasteiger partial charge in [0, 0.05) is 28.9 Å². The van der Waals surface area contributed by atoms with Gasteiger partial charge in [0.25, 0.3) is 5.91 Å². The van der Waals surface area contributed by atoms with Crippen molar-refractivity contribution in [1.82, 2.24) is 0 Å². The Labute approximate surface area is 177 Å². The van der Waals surface area contributed by atoms with Crippen molar-refractivity contribution in [3.8, 4) is 0 Å². The average Bonchev–Trinajstić information content (AvgIpc) is 2.79. The molecule has 1 N–H and O–H groups in total. The number of rotatable bonds is 5. The van der Waals surface area contributed by atoms with Gasteiger partial charge in [0.2, 0.25) is 0 Å². The molecule has 0 radical (unpaired) electrons. The molecule has 1 aliphatic rings. The molecule has 0 bridgehead atoms. The summed E-state index contributed by atoms with van der Waals surface area (Å²) in [6.07, 6.45) is 2.18. The quantitative estimate of drug-likeness (QED) is 0.620. The Hall–Kier alpha value is -2.57. The first kappa shape index (κ1) is 19.7. The van der Waals surface area contributed by atoms with E-state index >= 15 is 0 Å². The second-order valence-electron chi connectivity index (χ2n) is 6.84. The summed E-state index contributed by atoms with van der Waals surface area (Å²) >= 11 is 1.85. The van der Waals surface area contributed by atoms with Crippen LogP contribution < -0.4 is 9.62 Å². The van der Waals surface area contributed by atoms with Crippen molar-refractivity contribution >= 4 is 40.0 Å². The maximum Gasteiger partial charge on any atom is 0.255 e. The Morgan fingerprint density at radius 2 is 1.79 bits per heavy atom. The zero-order valence-electron chi connectivity index (χ0n) is 16.1. The Morgan fingerprint density at radius 3 is 2.55 bits per heavy atom. The Bertz CT molecular complexity index is 1040. The van der Waals surface area contributed by atoms with Gasteiger partial charge in [-0.2, -0.15) is 0 Å². The van der Waals surface area contributed by atoms with Gasteiger partial charge in [0.1, 0.15) is 0 Å². The lowest BCUT2D eigenvalue weighted by atomic mass is 10.1. The van der Waals surface area contributed by atoms with Gasteiger partial charge in [-0.3, -0.25) is 9.10 Å². The van der Waals surface area contributed by atoms with E-state index in [0.29, 0.717) is 16.1 Å². The molecule has 1 atom stereocenters. The normalized spacial score (nSPS) is 14.0. The second-order valence-corrected chi connectivity index (χ2v) is 9.49. The van der Waals surface area contributed by atoms with Crippen LogP contribution in [-0.2, 0) is 17.4 Å². The van der Waals surface area contributed by atoms with Gasteiger partial charge in [0.05, 0.1) is 4.90 Å². The minimum atomic E-state index is -1.32. The van der Waals surface area contributed by atoms with Gasteiger partial charge in [0.15, 0.2) is 11.0 Å². The molecule has 0 fully saturated rings. The number of fused-ring (bicyclic) bond motifs is 1. The van der Waals surface area contributed by atoms with Crippen LogP contribution in [0.2, 0.25) is 0 Å². The van der Waals surface area contributed by atoms with Crippen molar-refractivity contribution < 1.29 is 9.00 Å². The molecule has 1 aliphatic heterocycles. The molecule has 4 rings (SSSR count). The predicted octanol–water partition coefficient (Wildman–Crippen LogP) is 5.14. The van der Waals surface area contributed by atoms with E-state index in [4.69, 9.17) is 0 Å². The zero-order chi connectivity index (χ0) is 20.2. The fourth-order valence-electron chi connectivity index (χ4n) is 3.25. The van der Waals surface area contributed by atoms with Crippen molar-refractivity contribution in [2.24, 2.45) is 0 Å². The summed E-state index contributed by atoms with van der Waals surface area (Å²) in [7, 11) is 0.482. The molecule has 1 unspecified atom stereocenters. The largest absolute Gasteiger partial charge is 0.322 e. The summed E-state index contributed by atoms with van der Waals surface area (Å²) in [4.78, 5) is 14.6. The number of thioether (sulfide) groups is 1. The highest BCUT2D eigenvalue weighted by molar-refractivity contribution is 7.99. The van der Waals surface area contributed by atoms with E-state index in [9.17, 15) is 9.00 Å². The molecule has 3 aromatic rings. The van der Waals surface area contributed by atoms with Gasteiger partial charge in [-0.1, -0.05) is 18.2 Å². The predicted molar refractivity (Wildman–Crippen MR) is 121 cm³/mol. The molecule has 6 heteroatoms. The molecule has 0 saturated heterocycles. The van der Waals surface area contributed by atoms with E-state index in [1.54, 1.807) is 35.6 Å². The maximum atomic E-state index is 12.8. The number of aryl methyl sites for hydroxylation is 1. The minimum Gasteiger partial charge on any atom is -0.322 e. The van der Waals surface area contributed by atoms with Crippen LogP contribution in [0.4, 0.5) is 11.4 Å². The van der Waals surface area contributed by atoms with E-state index in [2.05, 4.69) is 5.32 Å². The van der Waals surface area contributed by atoms with Crippen LogP contribution in [0.25, 0.3) is 0 Å². The summed E-state index contributed by atoms with van der Waals surface area (Å²) in [5.41, 5.74) is 3.49. The van der Waals surface area contributed by atoms with Gasteiger partial charge in [-0.25, -0.2) is 4.21 Å². The molecule has 0 aliphatic carbocycles. The third-order valence-corrected chi connectivity index (χ3v) is 7.44. The monoisotopic (exact) mass is 422 g/mol. The number of nitrogens with one attached hydrogen (secondary N) is 1. The number of anilines is 2. The average molecular weight is 423 g/mol. The third kappa shape index (κ3) is 4.54. The van der Waals surface area contributed by atoms with Crippen molar-refractivity contribution in [3.63, 3.8) is 0 Å². The van der Waals surface area contributed by atoms with Crippen molar-refractivity contribution in [1.29, 1.82) is 0 Å². The molecule has 1 heterocycles. The van der Waals surface area contributed by atoms with Gasteiger partial charge < -0.3 is 5.32 Å². The van der Waals surface area contributed by atoms with Crippen LogP contribution in [0.1, 0.15) is 22.3 Å². The Balaban J connectivity index is 1.44. The fourth-order valence-corrected chi connectivity index (χ4v) is 5.27. The molecule has 29 heavy (non-hydrogen) atoms. The molecule has 4 nitrogen and oxygen atoms in total. The number of amides is 1. The third-order valence-electron chi connectivity index (χ3n) is 4.85. The van der Waals surface area contributed by atoms with Crippen LogP contribution in [0.3, 0.4) is 0 Å². The highest BCUT2D eigenvalue weighted by atomic mass is 32.2. The van der Waals surface area contributed by atoms with Crippen molar-refractivity contribution in [2.75, 3.05) is 22.4 Å². The Kier molecular flexibility index (Phi) is 6.02. The number of carbonyl (C=O) groups is 1. The summed E-state index contributed by atoms with van der Waals surface area (Å²) in [6.45, 7) is 0. The zero-order valence-corrected chi connectivity index (χ0v) is 17.8. The van der Waals surface area contributed by atoms with Crippen molar-refractivity contribution in [3.05, 3.63) is 83.9 Å². The summed E-state index contributed by atoms with van der Waals surface area (Å²) in [6, 6.07) is 22.7. The second kappa shape index (κ2) is 8.84. The maximum absolute atomic E-state index is 12.8. The lowest BCUT2D eigenvalue weighted by molar-refractivity contribution is 0.102. The Morgan fingerprint density at radius 1 is 1.03 bits per heavy atom. The summed E-state index contributed by atoms with van der Waals surface area (Å²) < 4.78 is 14.5. The summed E-state index contributed by atoms with van der Waals surface area (Å²) in [5.74, 6) is 1.02. The molecule has 0 spiro atoms. The highest BCUT2D eigenvalue weighted by Gasteiger charge is 2.15. The standard InChI is InChI=1S/C23H22N2O2S2/c1-25(20-7-3-2-4-8-20)29(27)21-12-10-19(11-13-21)24-23(26)18-9-14-22-17(16-18)6-5-15-28-22/h2-4,7-14,16H,5-6,15H2,1H3,(H,24,26). The molecule has 0 saturated carbocycles. The lowest BCUT2D eigenvalue weighted by Gasteiger charge is -2.18. The van der Waals surface area contributed by atoms with E-state index in [1.165, 1.54) is 10.5 Å². The molecular weight excluding hydrogens is 400 g/mol. The number of carbonyl (C=O) groups excluding carboxylic acids is 1. The van der Waals surface area contributed by atoms with Crippen LogP contribution in [-0.4, -0.2) is 22.9 Å². The molecule has 0 aromatic heterocycles. The number of para-hydroxylation sites is 1. The van der Waals surface area contributed by atoms with E-state index in [-0.39, 0.29) is 5.91 Å². The smallest absolute Gasteiger partial charge is 0.255 e. The lowest BCUT2D eigenvalue weighted by Crippen LogP contribution is -2.20. The van der Waals surface area contributed by atoms with E-state index < -0.39 is 11.0 Å².